The standard InChI is InChI=1S/C9H15F3S/c1-7(2,9(10,11)12)5-6-8(3,4)13-6/h6H,5H2,1-4H3/t6-/m0/s1. The van der Waals surface area contributed by atoms with Gasteiger partial charge in [0.05, 0.1) is 5.41 Å². The van der Waals surface area contributed by atoms with Gasteiger partial charge in [0.2, 0.25) is 0 Å². The van der Waals surface area contributed by atoms with Crippen LogP contribution in [0.2, 0.25) is 0 Å². The van der Waals surface area contributed by atoms with E-state index in [1.165, 1.54) is 13.8 Å². The molecule has 0 amide bonds. The Morgan fingerprint density at radius 2 is 1.62 bits per heavy atom. The quantitative estimate of drug-likeness (QED) is 0.626. The van der Waals surface area contributed by atoms with Crippen molar-refractivity contribution in [3.63, 3.8) is 0 Å². The van der Waals surface area contributed by atoms with Gasteiger partial charge in [0.25, 0.3) is 0 Å². The first-order valence-electron chi connectivity index (χ1n) is 4.31. The maximum atomic E-state index is 12.5. The van der Waals surface area contributed by atoms with Gasteiger partial charge < -0.3 is 0 Å². The summed E-state index contributed by atoms with van der Waals surface area (Å²) in [7, 11) is 0. The minimum atomic E-state index is -4.08. The molecule has 0 nitrogen and oxygen atoms in total. The topological polar surface area (TPSA) is 0 Å². The van der Waals surface area contributed by atoms with E-state index in [1.54, 1.807) is 11.8 Å². The lowest BCUT2D eigenvalue weighted by Crippen LogP contribution is -2.34. The van der Waals surface area contributed by atoms with Gasteiger partial charge >= 0.3 is 6.18 Å². The highest BCUT2D eigenvalue weighted by Crippen LogP contribution is 2.59. The lowest BCUT2D eigenvalue weighted by molar-refractivity contribution is -0.213. The molecule has 0 saturated carbocycles. The first kappa shape index (κ1) is 11.2. The number of rotatable bonds is 2. The van der Waals surface area contributed by atoms with Gasteiger partial charge in [0, 0.05) is 10.00 Å². The van der Waals surface area contributed by atoms with E-state index in [2.05, 4.69) is 0 Å². The van der Waals surface area contributed by atoms with Gasteiger partial charge in [-0.05, 0) is 20.3 Å². The smallest absolute Gasteiger partial charge is 0.171 e. The second-order valence-corrected chi connectivity index (χ2v) is 6.65. The number of hydrogen-bond acceptors (Lipinski definition) is 1. The van der Waals surface area contributed by atoms with Crippen molar-refractivity contribution >= 4 is 11.8 Å². The van der Waals surface area contributed by atoms with Crippen LogP contribution in [0.4, 0.5) is 13.2 Å². The Kier molecular flexibility index (Phi) is 2.43. The molecule has 0 aromatic carbocycles. The molecule has 1 aliphatic heterocycles. The molecule has 78 valence electrons. The van der Waals surface area contributed by atoms with E-state index in [0.29, 0.717) is 0 Å². The van der Waals surface area contributed by atoms with Crippen molar-refractivity contribution in [3.05, 3.63) is 0 Å². The third kappa shape index (κ3) is 2.33. The van der Waals surface area contributed by atoms with Crippen LogP contribution >= 0.6 is 11.8 Å². The van der Waals surface area contributed by atoms with E-state index in [1.807, 2.05) is 13.8 Å². The predicted octanol–water partition coefficient (Wildman–Crippen LogP) is 3.86. The Labute approximate surface area is 81.3 Å². The average molecular weight is 212 g/mol. The molecule has 0 radical (unpaired) electrons. The van der Waals surface area contributed by atoms with Crippen molar-refractivity contribution in [3.8, 4) is 0 Å². The van der Waals surface area contributed by atoms with Gasteiger partial charge in [0.15, 0.2) is 0 Å². The fourth-order valence-electron chi connectivity index (χ4n) is 1.20. The van der Waals surface area contributed by atoms with E-state index < -0.39 is 11.6 Å². The zero-order valence-corrected chi connectivity index (χ0v) is 9.14. The molecule has 1 aliphatic rings. The summed E-state index contributed by atoms with van der Waals surface area (Å²) in [5.41, 5.74) is -1.54. The van der Waals surface area contributed by atoms with Gasteiger partial charge in [-0.3, -0.25) is 0 Å². The van der Waals surface area contributed by atoms with E-state index in [9.17, 15) is 13.2 Å². The van der Waals surface area contributed by atoms with Crippen LogP contribution in [0.25, 0.3) is 0 Å². The Bertz CT molecular complexity index is 205. The highest BCUT2D eigenvalue weighted by Gasteiger charge is 2.55. The Balaban J connectivity index is 2.54. The van der Waals surface area contributed by atoms with Crippen LogP contribution in [0.5, 0.6) is 0 Å². The SMILES string of the molecule is CC1(C)S[C@H]1CC(C)(C)C(F)(F)F. The van der Waals surface area contributed by atoms with Gasteiger partial charge in [-0.15, -0.1) is 11.8 Å². The van der Waals surface area contributed by atoms with Gasteiger partial charge in [-0.25, -0.2) is 0 Å². The lowest BCUT2D eigenvalue weighted by atomic mass is 9.85. The summed E-state index contributed by atoms with van der Waals surface area (Å²) in [6.07, 6.45) is -3.85. The molecule has 1 rings (SSSR count). The van der Waals surface area contributed by atoms with Crippen LogP contribution in [0.15, 0.2) is 0 Å². The van der Waals surface area contributed by atoms with Crippen LogP contribution < -0.4 is 0 Å². The molecular weight excluding hydrogens is 197 g/mol. The van der Waals surface area contributed by atoms with E-state index >= 15 is 0 Å². The Morgan fingerprint density at radius 1 is 1.23 bits per heavy atom. The molecule has 0 bridgehead atoms. The Morgan fingerprint density at radius 3 is 1.85 bits per heavy atom. The molecule has 1 saturated heterocycles. The number of halogens is 3. The van der Waals surface area contributed by atoms with Crippen LogP contribution in [0.3, 0.4) is 0 Å². The summed E-state index contributed by atoms with van der Waals surface area (Å²) >= 11 is 1.64. The zero-order valence-electron chi connectivity index (χ0n) is 8.33. The third-order valence-corrected chi connectivity index (χ3v) is 4.31. The van der Waals surface area contributed by atoms with Crippen LogP contribution in [0, 0.1) is 5.41 Å². The fraction of sp³-hybridized carbons (Fsp3) is 1.00. The summed E-state index contributed by atoms with van der Waals surface area (Å²) in [5.74, 6) is 0. The normalized spacial score (nSPS) is 27.5. The summed E-state index contributed by atoms with van der Waals surface area (Å²) in [5, 5.41) is 0.170. The summed E-state index contributed by atoms with van der Waals surface area (Å²) < 4.78 is 37.5. The molecule has 4 heteroatoms. The van der Waals surface area contributed by atoms with Crippen LogP contribution in [0.1, 0.15) is 34.1 Å². The minimum absolute atomic E-state index is 0.0581. The molecule has 0 aliphatic carbocycles. The number of thioether (sulfide) groups is 1. The molecule has 0 spiro atoms. The molecule has 0 aromatic heterocycles. The van der Waals surface area contributed by atoms with Crippen molar-refractivity contribution in [1.82, 2.24) is 0 Å². The monoisotopic (exact) mass is 212 g/mol. The van der Waals surface area contributed by atoms with Crippen molar-refractivity contribution in [2.45, 2.75) is 50.3 Å². The number of alkyl halides is 3. The average Bonchev–Trinajstić information content (AvgIpc) is 2.34. The third-order valence-electron chi connectivity index (χ3n) is 2.63. The van der Waals surface area contributed by atoms with E-state index in [4.69, 9.17) is 0 Å². The fourth-order valence-corrected chi connectivity index (χ4v) is 2.45. The second kappa shape index (κ2) is 2.81. The van der Waals surface area contributed by atoms with Crippen molar-refractivity contribution < 1.29 is 13.2 Å². The van der Waals surface area contributed by atoms with Gasteiger partial charge in [0.1, 0.15) is 0 Å². The first-order chi connectivity index (χ1) is 5.56. The maximum absolute atomic E-state index is 12.5. The van der Waals surface area contributed by atoms with E-state index in [0.717, 1.165) is 0 Å². The molecule has 1 atom stereocenters. The molecular formula is C9H15F3S. The molecule has 13 heavy (non-hydrogen) atoms. The van der Waals surface area contributed by atoms with Crippen LogP contribution in [-0.4, -0.2) is 16.2 Å². The summed E-state index contributed by atoms with van der Waals surface area (Å²) in [6, 6.07) is 0. The Hall–Kier alpha value is 0.140. The molecule has 1 heterocycles. The first-order valence-corrected chi connectivity index (χ1v) is 5.19. The van der Waals surface area contributed by atoms with Crippen molar-refractivity contribution in [2.75, 3.05) is 0 Å². The minimum Gasteiger partial charge on any atom is -0.171 e. The largest absolute Gasteiger partial charge is 0.394 e. The second-order valence-electron chi connectivity index (χ2n) is 4.80. The van der Waals surface area contributed by atoms with Crippen molar-refractivity contribution in [1.29, 1.82) is 0 Å². The van der Waals surface area contributed by atoms with Crippen molar-refractivity contribution in [2.24, 2.45) is 5.41 Å². The van der Waals surface area contributed by atoms with E-state index in [-0.39, 0.29) is 16.4 Å². The lowest BCUT2D eigenvalue weighted by Gasteiger charge is -2.27. The maximum Gasteiger partial charge on any atom is 0.394 e. The molecule has 1 fully saturated rings. The molecule has 0 unspecified atom stereocenters. The molecule has 0 aromatic rings. The highest BCUT2D eigenvalue weighted by atomic mass is 32.2. The molecule has 0 N–H and O–H groups in total. The van der Waals surface area contributed by atoms with Gasteiger partial charge in [-0.2, -0.15) is 13.2 Å². The van der Waals surface area contributed by atoms with Crippen LogP contribution in [-0.2, 0) is 0 Å². The summed E-state index contributed by atoms with van der Waals surface area (Å²) in [6.45, 7) is 6.55. The summed E-state index contributed by atoms with van der Waals surface area (Å²) in [4.78, 5) is 0. The predicted molar refractivity (Wildman–Crippen MR) is 49.9 cm³/mol. The highest BCUT2D eigenvalue weighted by molar-refractivity contribution is 8.08. The van der Waals surface area contributed by atoms with Gasteiger partial charge in [-0.1, -0.05) is 13.8 Å². The zero-order chi connectivity index (χ0) is 10.5. The number of hydrogen-bond donors (Lipinski definition) is 0.